The van der Waals surface area contributed by atoms with Gasteiger partial charge in [-0.25, -0.2) is 0 Å². The summed E-state index contributed by atoms with van der Waals surface area (Å²) in [6.07, 6.45) is 2.20. The van der Waals surface area contributed by atoms with E-state index < -0.39 is 5.97 Å². The number of amides is 1. The van der Waals surface area contributed by atoms with Crippen LogP contribution in [-0.2, 0) is 27.2 Å². The molecule has 2 aromatic carbocycles. The summed E-state index contributed by atoms with van der Waals surface area (Å²) in [6, 6.07) is 12.8. The van der Waals surface area contributed by atoms with E-state index in [1.165, 1.54) is 6.26 Å². The Hall–Kier alpha value is -2.99. The van der Waals surface area contributed by atoms with Crippen LogP contribution in [0, 0.1) is 0 Å². The average Bonchev–Trinajstić information content (AvgIpc) is 3.09. The number of fused-ring (bicyclic) bond motifs is 1. The normalized spacial score (nSPS) is 10.6. The summed E-state index contributed by atoms with van der Waals surface area (Å²) in [4.78, 5) is 23.9. The molecule has 7 heteroatoms. The Morgan fingerprint density at radius 2 is 1.93 bits per heavy atom. The van der Waals surface area contributed by atoms with E-state index in [1.54, 1.807) is 31.4 Å². The minimum absolute atomic E-state index is 0.0252. The quantitative estimate of drug-likeness (QED) is 0.584. The molecule has 3 aromatic rings. The van der Waals surface area contributed by atoms with Crippen LogP contribution >= 0.6 is 11.6 Å². The molecule has 1 N–H and O–H groups in total. The summed E-state index contributed by atoms with van der Waals surface area (Å²) in [5.41, 5.74) is 2.39. The summed E-state index contributed by atoms with van der Waals surface area (Å²) in [5, 5.41) is 4.20. The first-order chi connectivity index (χ1) is 13.5. The molecule has 1 aromatic heterocycles. The molecule has 0 bridgehead atoms. The first kappa shape index (κ1) is 19.8. The van der Waals surface area contributed by atoms with E-state index in [9.17, 15) is 9.59 Å². The highest BCUT2D eigenvalue weighted by atomic mass is 35.5. The molecule has 0 saturated heterocycles. The van der Waals surface area contributed by atoms with Gasteiger partial charge >= 0.3 is 5.97 Å². The van der Waals surface area contributed by atoms with Crippen LogP contribution in [0.1, 0.15) is 11.1 Å². The maximum Gasteiger partial charge on any atom is 0.310 e. The molecule has 0 radical (unpaired) electrons. The fraction of sp³-hybridized carbons (Fsp3) is 0.238. The number of esters is 1. The standard InChI is InChI=1S/C21H20ClNO5/c1-26-17-6-7-18-15(12-27-19(18)11-17)10-21(25)28-13-20(24)23-9-8-14-2-4-16(22)5-3-14/h2-7,11-12H,8-10,13H2,1H3,(H,23,24). The van der Waals surface area contributed by atoms with Gasteiger partial charge < -0.3 is 19.2 Å². The topological polar surface area (TPSA) is 77.8 Å². The molecular weight excluding hydrogens is 382 g/mol. The lowest BCUT2D eigenvalue weighted by atomic mass is 10.1. The molecule has 0 unspecified atom stereocenters. The second-order valence-electron chi connectivity index (χ2n) is 6.19. The van der Waals surface area contributed by atoms with Crippen molar-refractivity contribution in [2.24, 2.45) is 0 Å². The summed E-state index contributed by atoms with van der Waals surface area (Å²) in [5.74, 6) is -0.165. The van der Waals surface area contributed by atoms with E-state index in [0.717, 1.165) is 10.9 Å². The lowest BCUT2D eigenvalue weighted by Gasteiger charge is -2.07. The van der Waals surface area contributed by atoms with Gasteiger partial charge in [0.25, 0.3) is 5.91 Å². The van der Waals surface area contributed by atoms with Crippen molar-refractivity contribution in [3.8, 4) is 5.75 Å². The number of benzene rings is 2. The van der Waals surface area contributed by atoms with Gasteiger partial charge in [-0.15, -0.1) is 0 Å². The second-order valence-corrected chi connectivity index (χ2v) is 6.62. The number of furan rings is 1. The Bertz CT molecular complexity index is 965. The van der Waals surface area contributed by atoms with Crippen molar-refractivity contribution in [3.63, 3.8) is 0 Å². The van der Waals surface area contributed by atoms with Gasteiger partial charge in [-0.2, -0.15) is 0 Å². The van der Waals surface area contributed by atoms with Crippen molar-refractivity contribution in [1.29, 1.82) is 0 Å². The largest absolute Gasteiger partial charge is 0.497 e. The van der Waals surface area contributed by atoms with Gasteiger partial charge in [-0.3, -0.25) is 9.59 Å². The molecule has 1 heterocycles. The van der Waals surface area contributed by atoms with Gasteiger partial charge in [0, 0.05) is 28.6 Å². The summed E-state index contributed by atoms with van der Waals surface area (Å²) >= 11 is 5.83. The zero-order valence-corrected chi connectivity index (χ0v) is 16.1. The third-order valence-electron chi connectivity index (χ3n) is 4.21. The number of carbonyl (C=O) groups is 2. The molecule has 1 amide bonds. The SMILES string of the molecule is COc1ccc2c(CC(=O)OCC(=O)NCCc3ccc(Cl)cc3)coc2c1. The number of methoxy groups -OCH3 is 1. The number of ether oxygens (including phenoxy) is 2. The van der Waals surface area contributed by atoms with Gasteiger partial charge in [0.2, 0.25) is 0 Å². The Kier molecular flexibility index (Phi) is 6.55. The molecule has 0 aliphatic rings. The lowest BCUT2D eigenvalue weighted by Crippen LogP contribution is -2.30. The molecule has 0 aliphatic heterocycles. The molecule has 0 fully saturated rings. The van der Waals surface area contributed by atoms with Crippen molar-refractivity contribution in [2.75, 3.05) is 20.3 Å². The number of hydrogen-bond acceptors (Lipinski definition) is 5. The van der Waals surface area contributed by atoms with E-state index in [0.29, 0.717) is 34.9 Å². The van der Waals surface area contributed by atoms with Crippen LogP contribution in [0.5, 0.6) is 5.75 Å². The number of carbonyl (C=O) groups excluding carboxylic acids is 2. The number of rotatable bonds is 8. The minimum Gasteiger partial charge on any atom is -0.497 e. The van der Waals surface area contributed by atoms with E-state index in [4.69, 9.17) is 25.5 Å². The second kappa shape index (κ2) is 9.28. The molecule has 0 saturated carbocycles. The molecule has 28 heavy (non-hydrogen) atoms. The van der Waals surface area contributed by atoms with Gasteiger partial charge in [0.05, 0.1) is 19.8 Å². The van der Waals surface area contributed by atoms with Crippen molar-refractivity contribution < 1.29 is 23.5 Å². The monoisotopic (exact) mass is 401 g/mol. The van der Waals surface area contributed by atoms with Crippen LogP contribution in [0.2, 0.25) is 5.02 Å². The molecule has 0 aliphatic carbocycles. The first-order valence-electron chi connectivity index (χ1n) is 8.76. The molecule has 0 atom stereocenters. The predicted molar refractivity (Wildman–Crippen MR) is 106 cm³/mol. The van der Waals surface area contributed by atoms with Gasteiger partial charge in [0.1, 0.15) is 11.3 Å². The summed E-state index contributed by atoms with van der Waals surface area (Å²) in [6.45, 7) is 0.134. The minimum atomic E-state index is -0.494. The zero-order valence-electron chi connectivity index (χ0n) is 15.4. The van der Waals surface area contributed by atoms with Gasteiger partial charge in [0.15, 0.2) is 6.61 Å². The molecular formula is C21H20ClNO5. The molecule has 3 rings (SSSR count). The zero-order chi connectivity index (χ0) is 19.9. The van der Waals surface area contributed by atoms with Crippen LogP contribution in [-0.4, -0.2) is 32.1 Å². The van der Waals surface area contributed by atoms with E-state index in [1.807, 2.05) is 18.2 Å². The Labute approximate surface area is 167 Å². The number of nitrogens with one attached hydrogen (secondary N) is 1. The predicted octanol–water partition coefficient (Wildman–Crippen LogP) is 3.54. The average molecular weight is 402 g/mol. The maximum atomic E-state index is 12.0. The van der Waals surface area contributed by atoms with E-state index in [2.05, 4.69) is 5.32 Å². The van der Waals surface area contributed by atoms with Gasteiger partial charge in [-0.05, 0) is 36.2 Å². The highest BCUT2D eigenvalue weighted by Gasteiger charge is 2.13. The maximum absolute atomic E-state index is 12.0. The number of halogens is 1. The summed E-state index contributed by atoms with van der Waals surface area (Å²) in [7, 11) is 1.57. The van der Waals surface area contributed by atoms with E-state index >= 15 is 0 Å². The molecule has 6 nitrogen and oxygen atoms in total. The summed E-state index contributed by atoms with van der Waals surface area (Å²) < 4.78 is 15.6. The first-order valence-corrected chi connectivity index (χ1v) is 9.14. The van der Waals surface area contributed by atoms with Crippen LogP contribution < -0.4 is 10.1 Å². The fourth-order valence-electron chi connectivity index (χ4n) is 2.73. The van der Waals surface area contributed by atoms with Crippen molar-refractivity contribution in [2.45, 2.75) is 12.8 Å². The number of hydrogen-bond donors (Lipinski definition) is 1. The van der Waals surface area contributed by atoms with Crippen molar-refractivity contribution >= 4 is 34.4 Å². The highest BCUT2D eigenvalue weighted by Crippen LogP contribution is 2.26. The lowest BCUT2D eigenvalue weighted by molar-refractivity contribution is -0.147. The molecule has 0 spiro atoms. The van der Waals surface area contributed by atoms with Crippen LogP contribution in [0.15, 0.2) is 53.1 Å². The van der Waals surface area contributed by atoms with Crippen LogP contribution in [0.3, 0.4) is 0 Å². The fourth-order valence-corrected chi connectivity index (χ4v) is 2.85. The van der Waals surface area contributed by atoms with Crippen molar-refractivity contribution in [3.05, 3.63) is 64.9 Å². The van der Waals surface area contributed by atoms with Crippen LogP contribution in [0.25, 0.3) is 11.0 Å². The smallest absolute Gasteiger partial charge is 0.310 e. The Morgan fingerprint density at radius 3 is 2.68 bits per heavy atom. The van der Waals surface area contributed by atoms with Crippen LogP contribution in [0.4, 0.5) is 0 Å². The third kappa shape index (κ3) is 5.27. The van der Waals surface area contributed by atoms with Crippen molar-refractivity contribution in [1.82, 2.24) is 5.32 Å². The highest BCUT2D eigenvalue weighted by molar-refractivity contribution is 6.30. The third-order valence-corrected chi connectivity index (χ3v) is 4.46. The Morgan fingerprint density at radius 1 is 1.14 bits per heavy atom. The Balaban J connectivity index is 1.42. The van der Waals surface area contributed by atoms with E-state index in [-0.39, 0.29) is 18.9 Å². The van der Waals surface area contributed by atoms with Gasteiger partial charge in [-0.1, -0.05) is 23.7 Å². The molecule has 146 valence electrons.